The highest BCUT2D eigenvalue weighted by atomic mass is 16.5. The van der Waals surface area contributed by atoms with Gasteiger partial charge in [-0.1, -0.05) is 30.3 Å². The molecule has 5 nitrogen and oxygen atoms in total. The number of ether oxygens (including phenoxy) is 1. The van der Waals surface area contributed by atoms with Gasteiger partial charge in [-0.15, -0.1) is 0 Å². The Bertz CT molecular complexity index is 922. The predicted molar refractivity (Wildman–Crippen MR) is 90.8 cm³/mol. The van der Waals surface area contributed by atoms with E-state index >= 15 is 0 Å². The smallest absolute Gasteiger partial charge is 0.237 e. The van der Waals surface area contributed by atoms with Crippen LogP contribution in [0.3, 0.4) is 0 Å². The molecule has 24 heavy (non-hydrogen) atoms. The molecular weight excluding hydrogens is 304 g/mol. The normalized spacial score (nSPS) is 10.7. The molecule has 0 bridgehead atoms. The highest BCUT2D eigenvalue weighted by molar-refractivity contribution is 5.83. The van der Waals surface area contributed by atoms with Crippen molar-refractivity contribution in [2.75, 3.05) is 7.11 Å². The van der Waals surface area contributed by atoms with Crippen LogP contribution in [0.25, 0.3) is 11.3 Å². The zero-order valence-electron chi connectivity index (χ0n) is 12.9. The molecule has 0 aliphatic rings. The van der Waals surface area contributed by atoms with E-state index < -0.39 is 0 Å². The summed E-state index contributed by atoms with van der Waals surface area (Å²) in [5, 5.41) is 18.9. The molecule has 0 unspecified atom stereocenters. The van der Waals surface area contributed by atoms with Crippen LogP contribution in [0.1, 0.15) is 11.1 Å². The Morgan fingerprint density at radius 3 is 2.67 bits per heavy atom. The monoisotopic (exact) mass is 318 g/mol. The Labute approximate surface area is 139 Å². The van der Waals surface area contributed by atoms with Crippen molar-refractivity contribution >= 4 is 12.1 Å². The second kappa shape index (κ2) is 6.71. The quantitative estimate of drug-likeness (QED) is 0.728. The van der Waals surface area contributed by atoms with Crippen molar-refractivity contribution in [2.24, 2.45) is 4.99 Å². The molecule has 2 aromatic carbocycles. The maximum absolute atomic E-state index is 9.60. The number of hydrogen-bond acceptors (Lipinski definition) is 5. The van der Waals surface area contributed by atoms with Gasteiger partial charge in [-0.05, 0) is 23.8 Å². The molecule has 0 saturated heterocycles. The standard InChI is InChI=1S/C19H14N2O3/c1-23-18-9-13(7-8-16(18)22)12-21-19-15(11-20)10-17(24-19)14-5-3-2-4-6-14/h2-10,12,22H,1H3/b21-12+. The van der Waals surface area contributed by atoms with E-state index in [-0.39, 0.29) is 11.6 Å². The summed E-state index contributed by atoms with van der Waals surface area (Å²) >= 11 is 0. The van der Waals surface area contributed by atoms with Crippen molar-refractivity contribution in [3.63, 3.8) is 0 Å². The number of aromatic hydroxyl groups is 1. The fraction of sp³-hybridized carbons (Fsp3) is 0.0526. The van der Waals surface area contributed by atoms with Crippen LogP contribution in [0.2, 0.25) is 0 Å². The van der Waals surface area contributed by atoms with E-state index in [1.807, 2.05) is 30.3 Å². The molecule has 1 N–H and O–H groups in total. The Hall–Kier alpha value is -3.52. The molecule has 0 spiro atoms. The lowest BCUT2D eigenvalue weighted by Crippen LogP contribution is -1.86. The van der Waals surface area contributed by atoms with Gasteiger partial charge in [-0.2, -0.15) is 5.26 Å². The van der Waals surface area contributed by atoms with Gasteiger partial charge in [0.2, 0.25) is 5.88 Å². The van der Waals surface area contributed by atoms with Crippen molar-refractivity contribution in [3.05, 3.63) is 65.7 Å². The van der Waals surface area contributed by atoms with Crippen LogP contribution >= 0.6 is 0 Å². The summed E-state index contributed by atoms with van der Waals surface area (Å²) in [5.41, 5.74) is 1.95. The zero-order chi connectivity index (χ0) is 16.9. The van der Waals surface area contributed by atoms with Crippen LogP contribution in [-0.2, 0) is 0 Å². The molecule has 1 heterocycles. The highest BCUT2D eigenvalue weighted by Crippen LogP contribution is 2.31. The Morgan fingerprint density at radius 1 is 1.17 bits per heavy atom. The predicted octanol–water partition coefficient (Wildman–Crippen LogP) is 4.28. The number of furan rings is 1. The van der Waals surface area contributed by atoms with Crippen molar-refractivity contribution < 1.29 is 14.3 Å². The third kappa shape index (κ3) is 3.13. The first-order valence-electron chi connectivity index (χ1n) is 7.21. The molecule has 118 valence electrons. The van der Waals surface area contributed by atoms with Gasteiger partial charge in [0.05, 0.1) is 7.11 Å². The fourth-order valence-corrected chi connectivity index (χ4v) is 2.21. The first-order valence-corrected chi connectivity index (χ1v) is 7.21. The molecular formula is C19H14N2O3. The van der Waals surface area contributed by atoms with E-state index in [1.165, 1.54) is 13.2 Å². The topological polar surface area (TPSA) is 78.8 Å². The number of hydrogen-bond donors (Lipinski definition) is 1. The largest absolute Gasteiger partial charge is 0.504 e. The lowest BCUT2D eigenvalue weighted by atomic mass is 10.1. The van der Waals surface area contributed by atoms with Gasteiger partial charge in [0, 0.05) is 17.8 Å². The van der Waals surface area contributed by atoms with E-state index in [1.54, 1.807) is 24.4 Å². The molecule has 1 aromatic heterocycles. The Kier molecular flexibility index (Phi) is 4.30. The van der Waals surface area contributed by atoms with Crippen LogP contribution < -0.4 is 4.74 Å². The number of phenols is 1. The fourth-order valence-electron chi connectivity index (χ4n) is 2.21. The second-order valence-electron chi connectivity index (χ2n) is 5.00. The molecule has 3 aromatic rings. The summed E-state index contributed by atoms with van der Waals surface area (Å²) in [6.07, 6.45) is 1.55. The summed E-state index contributed by atoms with van der Waals surface area (Å²) in [7, 11) is 1.47. The third-order valence-electron chi connectivity index (χ3n) is 3.43. The summed E-state index contributed by atoms with van der Waals surface area (Å²) in [4.78, 5) is 4.25. The van der Waals surface area contributed by atoms with Crippen LogP contribution in [0.5, 0.6) is 11.5 Å². The Balaban J connectivity index is 1.93. The average molecular weight is 318 g/mol. The van der Waals surface area contributed by atoms with Crippen molar-refractivity contribution in [2.45, 2.75) is 0 Å². The van der Waals surface area contributed by atoms with Gasteiger partial charge in [0.25, 0.3) is 0 Å². The molecule has 5 heteroatoms. The maximum Gasteiger partial charge on any atom is 0.237 e. The van der Waals surface area contributed by atoms with Gasteiger partial charge < -0.3 is 14.3 Å². The molecule has 0 saturated carbocycles. The van der Waals surface area contributed by atoms with E-state index in [0.717, 1.165) is 5.56 Å². The minimum absolute atomic E-state index is 0.0525. The maximum atomic E-state index is 9.60. The molecule has 0 fully saturated rings. The van der Waals surface area contributed by atoms with E-state index in [2.05, 4.69) is 11.1 Å². The van der Waals surface area contributed by atoms with Crippen molar-refractivity contribution in [1.82, 2.24) is 0 Å². The zero-order valence-corrected chi connectivity index (χ0v) is 12.9. The van der Waals surface area contributed by atoms with Gasteiger partial charge in [0.1, 0.15) is 17.4 Å². The number of nitriles is 1. The van der Waals surface area contributed by atoms with Crippen LogP contribution in [0.15, 0.2) is 64.0 Å². The number of aliphatic imine (C=N–C) groups is 1. The lowest BCUT2D eigenvalue weighted by Gasteiger charge is -2.03. The van der Waals surface area contributed by atoms with Gasteiger partial charge >= 0.3 is 0 Å². The number of methoxy groups -OCH3 is 1. The second-order valence-corrected chi connectivity index (χ2v) is 5.00. The Morgan fingerprint density at radius 2 is 1.96 bits per heavy atom. The van der Waals surface area contributed by atoms with Crippen molar-refractivity contribution in [1.29, 1.82) is 5.26 Å². The minimum atomic E-state index is 0.0525. The molecule has 0 amide bonds. The number of nitrogens with zero attached hydrogens (tertiary/aromatic N) is 2. The minimum Gasteiger partial charge on any atom is -0.504 e. The van der Waals surface area contributed by atoms with E-state index in [0.29, 0.717) is 22.6 Å². The van der Waals surface area contributed by atoms with Crippen LogP contribution in [-0.4, -0.2) is 18.4 Å². The van der Waals surface area contributed by atoms with Gasteiger partial charge in [-0.3, -0.25) is 0 Å². The summed E-state index contributed by atoms with van der Waals surface area (Å²) < 4.78 is 10.7. The summed E-state index contributed by atoms with van der Waals surface area (Å²) in [6.45, 7) is 0. The molecule has 0 atom stereocenters. The number of phenolic OH excluding ortho intramolecular Hbond substituents is 1. The van der Waals surface area contributed by atoms with E-state index in [9.17, 15) is 10.4 Å². The van der Waals surface area contributed by atoms with Crippen LogP contribution in [0.4, 0.5) is 5.88 Å². The molecule has 0 aliphatic heterocycles. The number of benzene rings is 2. The van der Waals surface area contributed by atoms with E-state index in [4.69, 9.17) is 9.15 Å². The highest BCUT2D eigenvalue weighted by Gasteiger charge is 2.11. The average Bonchev–Trinajstić information content (AvgIpc) is 3.05. The molecule has 3 rings (SSSR count). The third-order valence-corrected chi connectivity index (χ3v) is 3.43. The van der Waals surface area contributed by atoms with Crippen molar-refractivity contribution in [3.8, 4) is 28.9 Å². The molecule has 0 aliphatic carbocycles. The molecule has 0 radical (unpaired) electrons. The first kappa shape index (κ1) is 15.4. The summed E-state index contributed by atoms with van der Waals surface area (Å²) in [6, 6.07) is 18.1. The van der Waals surface area contributed by atoms with Gasteiger partial charge in [0.15, 0.2) is 11.5 Å². The lowest BCUT2D eigenvalue weighted by molar-refractivity contribution is 0.373. The van der Waals surface area contributed by atoms with Crippen LogP contribution in [0, 0.1) is 11.3 Å². The first-order chi connectivity index (χ1) is 11.7. The van der Waals surface area contributed by atoms with Gasteiger partial charge in [-0.25, -0.2) is 4.99 Å². The number of rotatable bonds is 4. The SMILES string of the molecule is COc1cc(/C=N/c2oc(-c3ccccc3)cc2C#N)ccc1O. The summed E-state index contributed by atoms with van der Waals surface area (Å²) in [5.74, 6) is 1.23.